The fourth-order valence-electron chi connectivity index (χ4n) is 2.20. The van der Waals surface area contributed by atoms with Crippen LogP contribution in [0.1, 0.15) is 50.4 Å². The quantitative estimate of drug-likeness (QED) is 0.884. The summed E-state index contributed by atoms with van der Waals surface area (Å²) in [6.07, 6.45) is 2.68. The Labute approximate surface area is 132 Å². The Morgan fingerprint density at radius 2 is 1.77 bits per heavy atom. The van der Waals surface area contributed by atoms with Crippen LogP contribution in [0.25, 0.3) is 0 Å². The average Bonchev–Trinajstić information content (AvgIpc) is 2.54. The van der Waals surface area contributed by atoms with Gasteiger partial charge < -0.3 is 0 Å². The van der Waals surface area contributed by atoms with Crippen molar-refractivity contribution in [3.63, 3.8) is 0 Å². The molecule has 22 heavy (non-hydrogen) atoms. The van der Waals surface area contributed by atoms with E-state index in [1.807, 2.05) is 18.2 Å². The largest absolute Gasteiger partial charge is 0.260 e. The zero-order valence-electron chi connectivity index (χ0n) is 13.2. The molecule has 0 aliphatic heterocycles. The van der Waals surface area contributed by atoms with Crippen molar-refractivity contribution >= 4 is 10.0 Å². The molecule has 1 N–H and O–H groups in total. The molecule has 2 aromatic rings. The van der Waals surface area contributed by atoms with E-state index < -0.39 is 10.0 Å². The maximum absolute atomic E-state index is 12.4. The topological polar surface area (TPSA) is 59.1 Å². The van der Waals surface area contributed by atoms with Gasteiger partial charge in [-0.25, -0.2) is 13.1 Å². The van der Waals surface area contributed by atoms with E-state index in [2.05, 4.69) is 23.6 Å². The molecule has 1 heterocycles. The molecule has 118 valence electrons. The molecule has 1 aromatic heterocycles. The monoisotopic (exact) mass is 318 g/mol. The Balaban J connectivity index is 2.16. The third-order valence-corrected chi connectivity index (χ3v) is 5.39. The number of hydrogen-bond donors (Lipinski definition) is 1. The molecule has 0 saturated carbocycles. The van der Waals surface area contributed by atoms with Gasteiger partial charge in [0.2, 0.25) is 10.0 Å². The van der Waals surface area contributed by atoms with Crippen LogP contribution in [0.3, 0.4) is 0 Å². The van der Waals surface area contributed by atoms with E-state index in [9.17, 15) is 8.42 Å². The summed E-state index contributed by atoms with van der Waals surface area (Å²) in [5, 5.41) is 0. The van der Waals surface area contributed by atoms with Crippen molar-refractivity contribution in [1.82, 2.24) is 9.71 Å². The molecular formula is C17H22N2O2S. The first kappa shape index (κ1) is 16.6. The highest BCUT2D eigenvalue weighted by Gasteiger charge is 2.19. The lowest BCUT2D eigenvalue weighted by atomic mass is 9.99. The summed E-state index contributed by atoms with van der Waals surface area (Å²) in [6, 6.07) is 12.2. The predicted molar refractivity (Wildman–Crippen MR) is 88.1 cm³/mol. The molecule has 0 radical (unpaired) electrons. The highest BCUT2D eigenvalue weighted by Crippen LogP contribution is 2.21. The number of nitrogens with one attached hydrogen (secondary N) is 1. The van der Waals surface area contributed by atoms with Gasteiger partial charge >= 0.3 is 0 Å². The first-order chi connectivity index (χ1) is 10.4. The number of aromatic nitrogens is 1. The smallest absolute Gasteiger partial charge is 0.241 e. The zero-order chi connectivity index (χ0) is 16.2. The maximum atomic E-state index is 12.4. The van der Waals surface area contributed by atoms with E-state index in [0.717, 1.165) is 12.0 Å². The van der Waals surface area contributed by atoms with E-state index in [1.54, 1.807) is 37.4 Å². The zero-order valence-corrected chi connectivity index (χ0v) is 14.0. The Morgan fingerprint density at radius 3 is 2.32 bits per heavy atom. The lowest BCUT2D eigenvalue weighted by Crippen LogP contribution is -2.27. The lowest BCUT2D eigenvalue weighted by molar-refractivity contribution is 0.564. The first-order valence-corrected chi connectivity index (χ1v) is 8.95. The number of benzene rings is 1. The second-order valence-corrected chi connectivity index (χ2v) is 7.19. The second-order valence-electron chi connectivity index (χ2n) is 5.48. The summed E-state index contributed by atoms with van der Waals surface area (Å²) in [6.45, 7) is 6.03. The average molecular weight is 318 g/mol. The molecule has 0 fully saturated rings. The molecule has 1 aromatic carbocycles. The van der Waals surface area contributed by atoms with Gasteiger partial charge in [0.25, 0.3) is 0 Å². The van der Waals surface area contributed by atoms with Crippen LogP contribution in [-0.2, 0) is 10.0 Å². The molecule has 0 bridgehead atoms. The van der Waals surface area contributed by atoms with Gasteiger partial charge in [-0.15, -0.1) is 0 Å². The minimum atomic E-state index is -3.55. The normalized spacial score (nSPS) is 14.5. The molecule has 0 amide bonds. The molecule has 0 saturated heterocycles. The molecule has 0 aliphatic rings. The van der Waals surface area contributed by atoms with E-state index in [1.165, 1.54) is 0 Å². The van der Waals surface area contributed by atoms with Gasteiger partial charge in [-0.2, -0.15) is 0 Å². The van der Waals surface area contributed by atoms with Crippen molar-refractivity contribution in [3.05, 3.63) is 59.9 Å². The molecule has 2 unspecified atom stereocenters. The molecule has 4 nitrogen and oxygen atoms in total. The van der Waals surface area contributed by atoms with Gasteiger partial charge in [-0.1, -0.05) is 32.0 Å². The third-order valence-electron chi connectivity index (χ3n) is 3.84. The SMILES string of the molecule is CCC(C)c1ccc(S(=O)(=O)NC(C)c2ccccn2)cc1. The minimum Gasteiger partial charge on any atom is -0.260 e. The summed E-state index contributed by atoms with van der Waals surface area (Å²) in [5.74, 6) is 0.428. The number of rotatable bonds is 6. The van der Waals surface area contributed by atoms with Crippen LogP contribution in [0.2, 0.25) is 0 Å². The predicted octanol–water partition coefficient (Wildman–Crippen LogP) is 3.63. The van der Waals surface area contributed by atoms with E-state index in [4.69, 9.17) is 0 Å². The van der Waals surface area contributed by atoms with Crippen molar-refractivity contribution in [1.29, 1.82) is 0 Å². The number of nitrogens with zero attached hydrogens (tertiary/aromatic N) is 1. The van der Waals surface area contributed by atoms with Crippen molar-refractivity contribution < 1.29 is 8.42 Å². The van der Waals surface area contributed by atoms with Gasteiger partial charge in [0.15, 0.2) is 0 Å². The van der Waals surface area contributed by atoms with Gasteiger partial charge in [0.1, 0.15) is 0 Å². The Bertz CT molecular complexity index is 697. The van der Waals surface area contributed by atoms with Crippen LogP contribution >= 0.6 is 0 Å². The van der Waals surface area contributed by atoms with E-state index in [0.29, 0.717) is 11.6 Å². The van der Waals surface area contributed by atoms with Gasteiger partial charge in [0.05, 0.1) is 16.6 Å². The second kappa shape index (κ2) is 7.03. The van der Waals surface area contributed by atoms with Crippen LogP contribution in [-0.4, -0.2) is 13.4 Å². The minimum absolute atomic E-state index is 0.280. The maximum Gasteiger partial charge on any atom is 0.241 e. The van der Waals surface area contributed by atoms with Crippen molar-refractivity contribution in [2.45, 2.75) is 44.0 Å². The van der Waals surface area contributed by atoms with Crippen LogP contribution in [0.15, 0.2) is 53.6 Å². The molecule has 2 rings (SSSR count). The summed E-state index contributed by atoms with van der Waals surface area (Å²) >= 11 is 0. The Hall–Kier alpha value is -1.72. The summed E-state index contributed by atoms with van der Waals surface area (Å²) in [7, 11) is -3.55. The van der Waals surface area contributed by atoms with Gasteiger partial charge in [-0.3, -0.25) is 4.98 Å². The Morgan fingerprint density at radius 1 is 1.09 bits per heavy atom. The summed E-state index contributed by atoms with van der Waals surface area (Å²) < 4.78 is 27.5. The fraction of sp³-hybridized carbons (Fsp3) is 0.353. The van der Waals surface area contributed by atoms with E-state index in [-0.39, 0.29) is 10.9 Å². The van der Waals surface area contributed by atoms with Crippen LogP contribution in [0.5, 0.6) is 0 Å². The van der Waals surface area contributed by atoms with E-state index >= 15 is 0 Å². The van der Waals surface area contributed by atoms with Crippen LogP contribution < -0.4 is 4.72 Å². The molecule has 5 heteroatoms. The van der Waals surface area contributed by atoms with Crippen molar-refractivity contribution in [2.75, 3.05) is 0 Å². The lowest BCUT2D eigenvalue weighted by Gasteiger charge is -2.14. The van der Waals surface area contributed by atoms with Crippen LogP contribution in [0, 0.1) is 0 Å². The molecule has 2 atom stereocenters. The van der Waals surface area contributed by atoms with Gasteiger partial charge in [-0.05, 0) is 49.1 Å². The van der Waals surface area contributed by atoms with Crippen molar-refractivity contribution in [3.8, 4) is 0 Å². The molecule has 0 spiro atoms. The summed E-state index contributed by atoms with van der Waals surface area (Å²) in [4.78, 5) is 4.46. The fourth-order valence-corrected chi connectivity index (χ4v) is 3.42. The Kier molecular flexibility index (Phi) is 5.32. The standard InChI is InChI=1S/C17H22N2O2S/c1-4-13(2)15-8-10-16(11-9-15)22(20,21)19-14(3)17-7-5-6-12-18-17/h5-14,19H,4H2,1-3H3. The number of pyridine rings is 1. The first-order valence-electron chi connectivity index (χ1n) is 7.47. The summed E-state index contributed by atoms with van der Waals surface area (Å²) in [5.41, 5.74) is 1.85. The van der Waals surface area contributed by atoms with Gasteiger partial charge in [0, 0.05) is 6.20 Å². The molecular weight excluding hydrogens is 296 g/mol. The van der Waals surface area contributed by atoms with Crippen molar-refractivity contribution in [2.24, 2.45) is 0 Å². The van der Waals surface area contributed by atoms with Crippen LogP contribution in [0.4, 0.5) is 0 Å². The highest BCUT2D eigenvalue weighted by atomic mass is 32.2. The molecule has 0 aliphatic carbocycles. The highest BCUT2D eigenvalue weighted by molar-refractivity contribution is 7.89. The number of sulfonamides is 1. The third kappa shape index (κ3) is 3.93. The number of hydrogen-bond acceptors (Lipinski definition) is 3.